The molecule has 2 rings (SSSR count). The molecule has 25 heavy (non-hydrogen) atoms. The first kappa shape index (κ1) is 20.3. The first-order valence-electron chi connectivity index (χ1n) is 9.21. The van der Waals surface area contributed by atoms with Crippen molar-refractivity contribution in [2.45, 2.75) is 64.2 Å². The van der Waals surface area contributed by atoms with E-state index in [-0.39, 0.29) is 5.75 Å². The normalized spacial score (nSPS) is 11.3. The van der Waals surface area contributed by atoms with Crippen LogP contribution in [0.3, 0.4) is 0 Å². The minimum Gasteiger partial charge on any atom is -0.506 e. The van der Waals surface area contributed by atoms with Crippen molar-refractivity contribution in [3.8, 4) is 5.75 Å². The van der Waals surface area contributed by atoms with Crippen LogP contribution < -0.4 is 0 Å². The highest BCUT2D eigenvalue weighted by molar-refractivity contribution is 6.45. The van der Waals surface area contributed by atoms with Crippen LogP contribution in [0.2, 0.25) is 10.0 Å². The number of benzene rings is 1. The number of phenols is 1. The van der Waals surface area contributed by atoms with Crippen LogP contribution in [-0.4, -0.2) is 21.8 Å². The number of para-hydroxylation sites is 1. The number of aliphatic hydroxyl groups is 1. The summed E-state index contributed by atoms with van der Waals surface area (Å²) < 4.78 is 0. The summed E-state index contributed by atoms with van der Waals surface area (Å²) in [4.78, 5) is 4.52. The fourth-order valence-electron chi connectivity index (χ4n) is 3.06. The largest absolute Gasteiger partial charge is 0.506 e. The van der Waals surface area contributed by atoms with Crippen LogP contribution in [-0.2, 0) is 6.42 Å². The van der Waals surface area contributed by atoms with Gasteiger partial charge in [-0.25, -0.2) is 4.98 Å². The van der Waals surface area contributed by atoms with Crippen molar-refractivity contribution in [2.24, 2.45) is 0 Å². The Morgan fingerprint density at radius 3 is 2.04 bits per heavy atom. The van der Waals surface area contributed by atoms with Gasteiger partial charge in [-0.15, -0.1) is 0 Å². The monoisotopic (exact) mass is 383 g/mol. The molecule has 0 amide bonds. The molecule has 0 aliphatic carbocycles. The number of pyridine rings is 1. The summed E-state index contributed by atoms with van der Waals surface area (Å²) in [5, 5.41) is 20.4. The van der Waals surface area contributed by atoms with E-state index in [0.717, 1.165) is 37.8 Å². The number of hydrogen-bond acceptors (Lipinski definition) is 3. The molecule has 0 radical (unpaired) electrons. The molecule has 1 aromatic carbocycles. The van der Waals surface area contributed by atoms with Crippen LogP contribution in [0.15, 0.2) is 18.2 Å². The van der Waals surface area contributed by atoms with E-state index in [0.29, 0.717) is 27.6 Å². The van der Waals surface area contributed by atoms with Crippen LogP contribution in [0.5, 0.6) is 5.75 Å². The molecule has 0 atom stereocenters. The molecule has 0 aliphatic heterocycles. The first-order valence-corrected chi connectivity index (χ1v) is 9.97. The van der Waals surface area contributed by atoms with E-state index < -0.39 is 0 Å². The highest BCUT2D eigenvalue weighted by Gasteiger charge is 2.13. The molecular weight excluding hydrogens is 357 g/mol. The number of rotatable bonds is 11. The topological polar surface area (TPSA) is 53.4 Å². The smallest absolute Gasteiger partial charge is 0.141 e. The van der Waals surface area contributed by atoms with Gasteiger partial charge in [0.1, 0.15) is 11.3 Å². The zero-order chi connectivity index (χ0) is 18.1. The molecule has 1 heterocycles. The van der Waals surface area contributed by atoms with Crippen molar-refractivity contribution in [2.75, 3.05) is 6.61 Å². The molecule has 1 aromatic heterocycles. The van der Waals surface area contributed by atoms with E-state index in [1.54, 1.807) is 12.1 Å². The summed E-state index contributed by atoms with van der Waals surface area (Å²) >= 11 is 12.7. The number of aryl methyl sites for hydroxylation is 1. The SMILES string of the molecule is OCCCCCCCCCCCc1nc2c(O)cccc2c(Cl)c1Cl. The van der Waals surface area contributed by atoms with Gasteiger partial charge >= 0.3 is 0 Å². The quantitative estimate of drug-likeness (QED) is 0.448. The lowest BCUT2D eigenvalue weighted by Crippen LogP contribution is -1.95. The molecule has 2 aromatic rings. The second-order valence-electron chi connectivity index (χ2n) is 6.52. The van der Waals surface area contributed by atoms with Gasteiger partial charge in [0.2, 0.25) is 0 Å². The Labute approximate surface area is 160 Å². The molecule has 0 saturated carbocycles. The van der Waals surface area contributed by atoms with Gasteiger partial charge in [-0.1, -0.05) is 80.3 Å². The summed E-state index contributed by atoms with van der Waals surface area (Å²) in [6.45, 7) is 0.313. The van der Waals surface area contributed by atoms with Crippen LogP contribution in [0.1, 0.15) is 63.5 Å². The molecular formula is C20H27Cl2NO2. The van der Waals surface area contributed by atoms with Crippen molar-refractivity contribution in [1.82, 2.24) is 4.98 Å². The number of aliphatic hydroxyl groups excluding tert-OH is 1. The third-order valence-electron chi connectivity index (χ3n) is 4.52. The lowest BCUT2D eigenvalue weighted by atomic mass is 10.1. The number of fused-ring (bicyclic) bond motifs is 1. The lowest BCUT2D eigenvalue weighted by Gasteiger charge is -2.10. The average molecular weight is 384 g/mol. The highest BCUT2D eigenvalue weighted by atomic mass is 35.5. The Balaban J connectivity index is 1.76. The van der Waals surface area contributed by atoms with Crippen molar-refractivity contribution in [3.05, 3.63) is 33.9 Å². The first-order chi connectivity index (χ1) is 12.1. The zero-order valence-corrected chi connectivity index (χ0v) is 16.1. The van der Waals surface area contributed by atoms with Gasteiger partial charge in [-0.05, 0) is 25.3 Å². The van der Waals surface area contributed by atoms with Gasteiger partial charge in [0.05, 0.1) is 15.7 Å². The van der Waals surface area contributed by atoms with Gasteiger partial charge in [-0.2, -0.15) is 0 Å². The summed E-state index contributed by atoms with van der Waals surface area (Å²) in [5.41, 5.74) is 1.29. The van der Waals surface area contributed by atoms with Crippen molar-refractivity contribution >= 4 is 34.1 Å². The maximum Gasteiger partial charge on any atom is 0.141 e. The minimum atomic E-state index is 0.138. The standard InChI is InChI=1S/C20H27Cl2NO2/c21-18-15-11-10-13-17(25)20(15)23-16(19(18)22)12-8-6-4-2-1-3-5-7-9-14-24/h10-11,13,24-25H,1-9,12,14H2. The van der Waals surface area contributed by atoms with E-state index in [1.807, 2.05) is 6.07 Å². The molecule has 2 N–H and O–H groups in total. The third kappa shape index (κ3) is 6.02. The van der Waals surface area contributed by atoms with Crippen LogP contribution in [0.25, 0.3) is 10.9 Å². The fourth-order valence-corrected chi connectivity index (χ4v) is 3.56. The van der Waals surface area contributed by atoms with Gasteiger partial charge in [0, 0.05) is 12.0 Å². The predicted octanol–water partition coefficient (Wildman–Crippen LogP) is 6.29. The average Bonchev–Trinajstić information content (AvgIpc) is 2.61. The number of unbranched alkanes of at least 4 members (excludes halogenated alkanes) is 8. The Morgan fingerprint density at radius 1 is 0.800 bits per heavy atom. The highest BCUT2D eigenvalue weighted by Crippen LogP contribution is 2.35. The number of nitrogens with zero attached hydrogens (tertiary/aromatic N) is 1. The van der Waals surface area contributed by atoms with Gasteiger partial charge in [-0.3, -0.25) is 0 Å². The maximum absolute atomic E-state index is 9.98. The summed E-state index contributed by atoms with van der Waals surface area (Å²) in [6.07, 6.45) is 11.2. The summed E-state index contributed by atoms with van der Waals surface area (Å²) in [5.74, 6) is 0.138. The van der Waals surface area contributed by atoms with E-state index in [1.165, 1.54) is 32.1 Å². The lowest BCUT2D eigenvalue weighted by molar-refractivity contribution is 0.282. The van der Waals surface area contributed by atoms with E-state index in [2.05, 4.69) is 4.98 Å². The minimum absolute atomic E-state index is 0.138. The fraction of sp³-hybridized carbons (Fsp3) is 0.550. The molecule has 0 bridgehead atoms. The zero-order valence-electron chi connectivity index (χ0n) is 14.6. The Morgan fingerprint density at radius 2 is 1.40 bits per heavy atom. The summed E-state index contributed by atoms with van der Waals surface area (Å²) in [6, 6.07) is 5.18. The molecule has 0 unspecified atom stereocenters. The van der Waals surface area contributed by atoms with E-state index >= 15 is 0 Å². The molecule has 0 fully saturated rings. The second kappa shape index (κ2) is 10.8. The maximum atomic E-state index is 9.98. The Hall–Kier alpha value is -1.03. The summed E-state index contributed by atoms with van der Waals surface area (Å²) in [7, 11) is 0. The van der Waals surface area contributed by atoms with Gasteiger partial charge < -0.3 is 10.2 Å². The van der Waals surface area contributed by atoms with Crippen molar-refractivity contribution < 1.29 is 10.2 Å². The molecule has 0 spiro atoms. The number of aromatic nitrogens is 1. The van der Waals surface area contributed by atoms with Crippen LogP contribution in [0.4, 0.5) is 0 Å². The number of phenolic OH excluding ortho intramolecular Hbond substituents is 1. The predicted molar refractivity (Wildman–Crippen MR) is 106 cm³/mol. The van der Waals surface area contributed by atoms with E-state index in [9.17, 15) is 5.11 Å². The Bertz CT molecular complexity index is 676. The van der Waals surface area contributed by atoms with Crippen LogP contribution in [0, 0.1) is 0 Å². The molecule has 5 heteroatoms. The Kier molecular flexibility index (Phi) is 8.80. The number of aromatic hydroxyl groups is 1. The van der Waals surface area contributed by atoms with Crippen molar-refractivity contribution in [3.63, 3.8) is 0 Å². The van der Waals surface area contributed by atoms with Gasteiger partial charge in [0.15, 0.2) is 0 Å². The number of hydrogen-bond donors (Lipinski definition) is 2. The van der Waals surface area contributed by atoms with Crippen molar-refractivity contribution in [1.29, 1.82) is 0 Å². The second-order valence-corrected chi connectivity index (χ2v) is 7.27. The molecule has 3 nitrogen and oxygen atoms in total. The van der Waals surface area contributed by atoms with Gasteiger partial charge in [0.25, 0.3) is 0 Å². The van der Waals surface area contributed by atoms with E-state index in [4.69, 9.17) is 28.3 Å². The molecule has 138 valence electrons. The third-order valence-corrected chi connectivity index (χ3v) is 5.41. The number of halogens is 2. The molecule has 0 saturated heterocycles. The van der Waals surface area contributed by atoms with Crippen LogP contribution >= 0.6 is 23.2 Å². The molecule has 0 aliphatic rings.